The molecule has 3 aromatic rings. The van der Waals surface area contributed by atoms with Crippen molar-refractivity contribution in [3.8, 4) is 5.75 Å². The molecule has 0 fully saturated rings. The summed E-state index contributed by atoms with van der Waals surface area (Å²) in [6.45, 7) is 1.54. The van der Waals surface area contributed by atoms with Crippen LogP contribution in [-0.2, 0) is 10.5 Å². The summed E-state index contributed by atoms with van der Waals surface area (Å²) in [6.07, 6.45) is 2.70. The Balaban J connectivity index is 1.52. The molecule has 0 aliphatic carbocycles. The van der Waals surface area contributed by atoms with E-state index in [4.69, 9.17) is 4.74 Å². The van der Waals surface area contributed by atoms with E-state index in [9.17, 15) is 13.6 Å². The lowest BCUT2D eigenvalue weighted by molar-refractivity contribution is -0.122. The molecule has 0 spiro atoms. The molecule has 0 aliphatic rings. The van der Waals surface area contributed by atoms with Gasteiger partial charge in [0.15, 0.2) is 17.7 Å². The van der Waals surface area contributed by atoms with Gasteiger partial charge in [-0.15, -0.1) is 11.8 Å². The van der Waals surface area contributed by atoms with Gasteiger partial charge in [-0.3, -0.25) is 9.78 Å². The summed E-state index contributed by atoms with van der Waals surface area (Å²) in [4.78, 5) is 17.4. The van der Waals surface area contributed by atoms with Crippen LogP contribution in [0.2, 0.25) is 0 Å². The van der Waals surface area contributed by atoms with Crippen molar-refractivity contribution in [3.63, 3.8) is 0 Å². The third kappa shape index (κ3) is 5.53. The summed E-state index contributed by atoms with van der Waals surface area (Å²) in [5.74, 6) is -1.49. The molecule has 2 aromatic carbocycles. The second kappa shape index (κ2) is 9.32. The molecule has 1 amide bonds. The Labute approximate surface area is 166 Å². The van der Waals surface area contributed by atoms with Crippen molar-refractivity contribution in [1.82, 2.24) is 4.98 Å². The fourth-order valence-electron chi connectivity index (χ4n) is 2.34. The normalized spacial score (nSPS) is 11.7. The molecule has 1 atom stereocenters. The van der Waals surface area contributed by atoms with Gasteiger partial charge in [0, 0.05) is 34.8 Å². The summed E-state index contributed by atoms with van der Waals surface area (Å²) in [7, 11) is 0. The van der Waals surface area contributed by atoms with Crippen LogP contribution in [0.15, 0.2) is 71.9 Å². The molecule has 144 valence electrons. The van der Waals surface area contributed by atoms with Gasteiger partial charge in [0.25, 0.3) is 5.91 Å². The lowest BCUT2D eigenvalue weighted by Crippen LogP contribution is -2.30. The van der Waals surface area contributed by atoms with Gasteiger partial charge in [0.05, 0.1) is 0 Å². The van der Waals surface area contributed by atoms with Crippen LogP contribution in [-0.4, -0.2) is 17.0 Å². The highest BCUT2D eigenvalue weighted by Gasteiger charge is 2.16. The van der Waals surface area contributed by atoms with E-state index >= 15 is 0 Å². The zero-order valence-electron chi connectivity index (χ0n) is 15.1. The number of pyridine rings is 1. The van der Waals surface area contributed by atoms with Gasteiger partial charge in [-0.05, 0) is 55.0 Å². The third-order valence-corrected chi connectivity index (χ3v) is 4.91. The summed E-state index contributed by atoms with van der Waals surface area (Å²) >= 11 is 1.67. The number of carbonyl (C=O) groups is 1. The number of nitrogens with zero attached hydrogens (tertiary/aromatic N) is 1. The minimum atomic E-state index is -1.02. The molecule has 1 aromatic heterocycles. The Morgan fingerprint density at radius 2 is 1.93 bits per heavy atom. The SMILES string of the molecule is CC(Oc1ccc(F)c(F)c1)C(=O)Nc1ccc(SCc2cccnc2)cc1. The minimum Gasteiger partial charge on any atom is -0.481 e. The highest BCUT2D eigenvalue weighted by molar-refractivity contribution is 7.98. The number of rotatable bonds is 7. The lowest BCUT2D eigenvalue weighted by Gasteiger charge is -2.15. The van der Waals surface area contributed by atoms with Crippen LogP contribution in [0.4, 0.5) is 14.5 Å². The number of hydrogen-bond acceptors (Lipinski definition) is 4. The van der Waals surface area contributed by atoms with E-state index < -0.39 is 17.7 Å². The number of anilines is 1. The minimum absolute atomic E-state index is 0.0868. The molecular weight excluding hydrogens is 382 g/mol. The lowest BCUT2D eigenvalue weighted by atomic mass is 10.3. The number of carbonyl (C=O) groups excluding carboxylic acids is 1. The predicted molar refractivity (Wildman–Crippen MR) is 105 cm³/mol. The van der Waals surface area contributed by atoms with E-state index in [-0.39, 0.29) is 11.7 Å². The van der Waals surface area contributed by atoms with E-state index in [1.54, 1.807) is 30.1 Å². The zero-order valence-corrected chi connectivity index (χ0v) is 15.9. The monoisotopic (exact) mass is 400 g/mol. The molecule has 0 bridgehead atoms. The van der Waals surface area contributed by atoms with Crippen LogP contribution in [0.3, 0.4) is 0 Å². The maximum atomic E-state index is 13.2. The first-order chi connectivity index (χ1) is 13.5. The number of halogens is 2. The summed E-state index contributed by atoms with van der Waals surface area (Å²) in [6, 6.07) is 14.5. The van der Waals surface area contributed by atoms with E-state index in [1.165, 1.54) is 13.0 Å². The first kappa shape index (κ1) is 19.8. The number of benzene rings is 2. The molecule has 7 heteroatoms. The Hall–Kier alpha value is -2.93. The van der Waals surface area contributed by atoms with Gasteiger partial charge in [0.2, 0.25) is 0 Å². The van der Waals surface area contributed by atoms with Crippen LogP contribution < -0.4 is 10.1 Å². The summed E-state index contributed by atoms with van der Waals surface area (Å²) < 4.78 is 31.5. The molecule has 1 N–H and O–H groups in total. The maximum Gasteiger partial charge on any atom is 0.265 e. The number of ether oxygens (including phenoxy) is 1. The van der Waals surface area contributed by atoms with Crippen LogP contribution in [0, 0.1) is 11.6 Å². The van der Waals surface area contributed by atoms with Crippen LogP contribution in [0.1, 0.15) is 12.5 Å². The van der Waals surface area contributed by atoms with Gasteiger partial charge in [0.1, 0.15) is 5.75 Å². The second-order valence-electron chi connectivity index (χ2n) is 6.00. The van der Waals surface area contributed by atoms with Gasteiger partial charge in [-0.1, -0.05) is 6.07 Å². The average molecular weight is 400 g/mol. The Morgan fingerprint density at radius 3 is 2.61 bits per heavy atom. The number of thioether (sulfide) groups is 1. The molecule has 3 rings (SSSR count). The van der Waals surface area contributed by atoms with E-state index in [1.807, 2.05) is 30.5 Å². The van der Waals surface area contributed by atoms with Crippen LogP contribution in [0.25, 0.3) is 0 Å². The van der Waals surface area contributed by atoms with Gasteiger partial charge in [-0.25, -0.2) is 8.78 Å². The van der Waals surface area contributed by atoms with Crippen molar-refractivity contribution in [2.45, 2.75) is 23.7 Å². The van der Waals surface area contributed by atoms with E-state index in [0.717, 1.165) is 28.3 Å². The molecule has 0 radical (unpaired) electrons. The van der Waals surface area contributed by atoms with Crippen molar-refractivity contribution in [3.05, 3.63) is 84.2 Å². The number of nitrogens with one attached hydrogen (secondary N) is 1. The summed E-state index contributed by atoms with van der Waals surface area (Å²) in [5.41, 5.74) is 1.75. The van der Waals surface area contributed by atoms with Crippen molar-refractivity contribution < 1.29 is 18.3 Å². The van der Waals surface area contributed by atoms with Crippen molar-refractivity contribution in [2.24, 2.45) is 0 Å². The van der Waals surface area contributed by atoms with Crippen LogP contribution in [0.5, 0.6) is 5.75 Å². The van der Waals surface area contributed by atoms with Crippen molar-refractivity contribution in [2.75, 3.05) is 5.32 Å². The second-order valence-corrected chi connectivity index (χ2v) is 7.05. The molecule has 4 nitrogen and oxygen atoms in total. The highest BCUT2D eigenvalue weighted by atomic mass is 32.2. The third-order valence-electron chi connectivity index (χ3n) is 3.82. The smallest absolute Gasteiger partial charge is 0.265 e. The fraction of sp³-hybridized carbons (Fsp3) is 0.143. The standard InChI is InChI=1S/C21H18F2N2O2S/c1-14(27-17-6-9-19(22)20(23)11-17)21(26)25-16-4-7-18(8-5-16)28-13-15-3-2-10-24-12-15/h2-12,14H,13H2,1H3,(H,25,26). The molecule has 0 saturated heterocycles. The van der Waals surface area contributed by atoms with Gasteiger partial charge >= 0.3 is 0 Å². The first-order valence-electron chi connectivity index (χ1n) is 8.55. The fourth-order valence-corrected chi connectivity index (χ4v) is 3.17. The molecule has 0 aliphatic heterocycles. The topological polar surface area (TPSA) is 51.2 Å². The van der Waals surface area contributed by atoms with E-state index in [0.29, 0.717) is 5.69 Å². The number of hydrogen-bond donors (Lipinski definition) is 1. The maximum absolute atomic E-state index is 13.2. The van der Waals surface area contributed by atoms with Gasteiger partial charge < -0.3 is 10.1 Å². The molecule has 1 unspecified atom stereocenters. The Kier molecular flexibility index (Phi) is 6.60. The molecule has 28 heavy (non-hydrogen) atoms. The Bertz CT molecular complexity index is 937. The van der Waals surface area contributed by atoms with Crippen molar-refractivity contribution >= 4 is 23.4 Å². The first-order valence-corrected chi connectivity index (χ1v) is 9.54. The molecular formula is C21H18F2N2O2S. The van der Waals surface area contributed by atoms with Crippen molar-refractivity contribution in [1.29, 1.82) is 0 Å². The summed E-state index contributed by atoms with van der Waals surface area (Å²) in [5, 5.41) is 2.74. The predicted octanol–water partition coefficient (Wildman–Crippen LogP) is 5.06. The van der Waals surface area contributed by atoms with Crippen LogP contribution >= 0.6 is 11.8 Å². The highest BCUT2D eigenvalue weighted by Crippen LogP contribution is 2.24. The van der Waals surface area contributed by atoms with E-state index in [2.05, 4.69) is 10.3 Å². The zero-order chi connectivity index (χ0) is 19.9. The quantitative estimate of drug-likeness (QED) is 0.564. The molecule has 0 saturated carbocycles. The number of amides is 1. The Morgan fingerprint density at radius 1 is 1.14 bits per heavy atom. The molecule has 1 heterocycles. The average Bonchev–Trinajstić information content (AvgIpc) is 2.71. The largest absolute Gasteiger partial charge is 0.481 e. The van der Waals surface area contributed by atoms with Gasteiger partial charge in [-0.2, -0.15) is 0 Å². The number of aromatic nitrogens is 1.